The van der Waals surface area contributed by atoms with Gasteiger partial charge in [0, 0.05) is 0 Å². The zero-order valence-corrected chi connectivity index (χ0v) is 4.46. The maximum absolute atomic E-state index is 4.73. The molecule has 0 aliphatic heterocycles. The van der Waals surface area contributed by atoms with Gasteiger partial charge in [0.2, 0.25) is 6.20 Å². The topological polar surface area (TPSA) is 29.9 Å². The largest absolute Gasteiger partial charge is 0.343 e. The smallest absolute Gasteiger partial charge is 0.202 e. The lowest BCUT2D eigenvalue weighted by atomic mass is 10.8. The molecule has 1 aromatic rings. The predicted molar refractivity (Wildman–Crippen MR) is 28.2 cm³/mol. The fraction of sp³-hybridized carbons (Fsp3) is 0. The Morgan fingerprint density at radius 2 is 2.57 bits per heavy atom. The highest BCUT2D eigenvalue weighted by molar-refractivity contribution is 7.71. The van der Waals surface area contributed by atoms with Crippen LogP contribution < -0.4 is 4.98 Å². The number of H-pyrrole nitrogens is 2. The zero-order valence-electron chi connectivity index (χ0n) is 3.64. The molecule has 0 saturated carbocycles. The van der Waals surface area contributed by atoms with Crippen LogP contribution in [0.5, 0.6) is 0 Å². The summed E-state index contributed by atoms with van der Waals surface area (Å²) in [7, 11) is 0. The average molecular weight is 113 g/mol. The molecule has 0 radical (unpaired) electrons. The third-order valence-electron chi connectivity index (χ3n) is 0.620. The lowest BCUT2D eigenvalue weighted by Crippen LogP contribution is -1.97. The number of nitrogens with one attached hydrogen (secondary N) is 2. The van der Waals surface area contributed by atoms with Crippen molar-refractivity contribution in [2.24, 2.45) is 0 Å². The minimum absolute atomic E-state index is 0.725. The lowest BCUT2D eigenvalue weighted by molar-refractivity contribution is -0.379. The van der Waals surface area contributed by atoms with Gasteiger partial charge in [0.15, 0.2) is 10.8 Å². The van der Waals surface area contributed by atoms with Crippen LogP contribution in [-0.2, 0) is 0 Å². The van der Waals surface area contributed by atoms with E-state index < -0.39 is 0 Å². The van der Waals surface area contributed by atoms with E-state index in [1.807, 2.05) is 0 Å². The van der Waals surface area contributed by atoms with Gasteiger partial charge in [-0.2, -0.15) is 0 Å². The van der Waals surface area contributed by atoms with Gasteiger partial charge in [0.1, 0.15) is 0 Å². The van der Waals surface area contributed by atoms with Crippen LogP contribution >= 0.6 is 12.2 Å². The van der Waals surface area contributed by atoms with Gasteiger partial charge in [-0.05, 0) is 0 Å². The predicted octanol–water partition coefficient (Wildman–Crippen LogP) is 0.558. The fourth-order valence-corrected chi connectivity index (χ4v) is 0.473. The van der Waals surface area contributed by atoms with Crippen LogP contribution in [0.15, 0.2) is 18.6 Å². The summed E-state index contributed by atoms with van der Waals surface area (Å²) in [5.74, 6) is 0. The molecule has 0 aliphatic carbocycles. The first-order valence-electron chi connectivity index (χ1n) is 1.94. The summed E-state index contributed by atoms with van der Waals surface area (Å²) in [5.41, 5.74) is 0. The molecular weight excluding hydrogens is 108 g/mol. The van der Waals surface area contributed by atoms with Crippen molar-refractivity contribution < 1.29 is 4.98 Å². The summed E-state index contributed by atoms with van der Waals surface area (Å²) in [6.45, 7) is 0. The van der Waals surface area contributed by atoms with Gasteiger partial charge in [-0.25, -0.2) is 4.98 Å². The fourth-order valence-electron chi connectivity index (χ4n) is 0.337. The number of aromatic amines is 2. The lowest BCUT2D eigenvalue weighted by Gasteiger charge is -1.70. The SMILES string of the molecule is S=c1c[nH+]cc[nH]1. The van der Waals surface area contributed by atoms with Crippen molar-refractivity contribution in [1.29, 1.82) is 0 Å². The van der Waals surface area contributed by atoms with E-state index in [0.29, 0.717) is 0 Å². The van der Waals surface area contributed by atoms with Crippen LogP contribution in [0.1, 0.15) is 0 Å². The Morgan fingerprint density at radius 1 is 1.71 bits per heavy atom. The van der Waals surface area contributed by atoms with E-state index in [0.717, 1.165) is 4.64 Å². The molecule has 0 aromatic carbocycles. The van der Waals surface area contributed by atoms with Gasteiger partial charge in [-0.1, -0.05) is 12.2 Å². The summed E-state index contributed by atoms with van der Waals surface area (Å²) in [6.07, 6.45) is 5.24. The zero-order chi connectivity index (χ0) is 5.11. The first kappa shape index (κ1) is 4.46. The third kappa shape index (κ3) is 1.08. The Balaban J connectivity index is 3.28. The van der Waals surface area contributed by atoms with Gasteiger partial charge in [-0.3, -0.25) is 0 Å². The van der Waals surface area contributed by atoms with Gasteiger partial charge < -0.3 is 4.98 Å². The van der Waals surface area contributed by atoms with Gasteiger partial charge in [0.25, 0.3) is 0 Å². The minimum atomic E-state index is 0.725. The molecule has 0 atom stereocenters. The van der Waals surface area contributed by atoms with Crippen molar-refractivity contribution in [2.45, 2.75) is 0 Å². The summed E-state index contributed by atoms with van der Waals surface area (Å²) in [5, 5.41) is 0. The molecule has 0 saturated heterocycles. The standard InChI is InChI=1S/C4H4N2S/c7-4-3-5-1-2-6-4/h1-3H,(H,6,7)/p+1. The van der Waals surface area contributed by atoms with Crippen LogP contribution in [0, 0.1) is 4.64 Å². The summed E-state index contributed by atoms with van der Waals surface area (Å²) >= 11 is 4.73. The Morgan fingerprint density at radius 3 is 2.86 bits per heavy atom. The van der Waals surface area contributed by atoms with Crippen molar-refractivity contribution in [3.63, 3.8) is 0 Å². The Bertz CT molecular complexity index is 175. The van der Waals surface area contributed by atoms with Crippen molar-refractivity contribution in [3.8, 4) is 0 Å². The Kier molecular flexibility index (Phi) is 1.17. The van der Waals surface area contributed by atoms with E-state index in [9.17, 15) is 0 Å². The van der Waals surface area contributed by atoms with Crippen LogP contribution in [0.3, 0.4) is 0 Å². The first-order chi connectivity index (χ1) is 3.39. The number of aromatic nitrogens is 2. The molecule has 36 valence electrons. The second-order valence-corrected chi connectivity index (χ2v) is 1.59. The number of rotatable bonds is 0. The molecule has 1 heterocycles. The highest BCUT2D eigenvalue weighted by Gasteiger charge is 1.73. The third-order valence-corrected chi connectivity index (χ3v) is 0.855. The van der Waals surface area contributed by atoms with Crippen LogP contribution in [0.2, 0.25) is 0 Å². The van der Waals surface area contributed by atoms with Crippen molar-refractivity contribution in [1.82, 2.24) is 4.98 Å². The maximum Gasteiger partial charge on any atom is 0.202 e. The minimum Gasteiger partial charge on any atom is -0.343 e. The second-order valence-electron chi connectivity index (χ2n) is 1.15. The second kappa shape index (κ2) is 1.84. The van der Waals surface area contributed by atoms with Gasteiger partial charge in [0.05, 0.1) is 6.20 Å². The molecule has 7 heavy (non-hydrogen) atoms. The quantitative estimate of drug-likeness (QED) is 0.489. The van der Waals surface area contributed by atoms with Crippen molar-refractivity contribution in [2.75, 3.05) is 0 Å². The first-order valence-corrected chi connectivity index (χ1v) is 2.35. The molecule has 1 rings (SSSR count). The van der Waals surface area contributed by atoms with Crippen molar-refractivity contribution in [3.05, 3.63) is 23.2 Å². The Labute approximate surface area is 46.2 Å². The molecule has 2 N–H and O–H groups in total. The van der Waals surface area contributed by atoms with Gasteiger partial charge in [-0.15, -0.1) is 0 Å². The van der Waals surface area contributed by atoms with Crippen molar-refractivity contribution >= 4 is 12.2 Å². The molecule has 0 fully saturated rings. The van der Waals surface area contributed by atoms with E-state index in [4.69, 9.17) is 12.2 Å². The molecule has 0 unspecified atom stereocenters. The van der Waals surface area contributed by atoms with E-state index in [-0.39, 0.29) is 0 Å². The molecule has 1 aromatic heterocycles. The molecular formula is C4H5N2S+. The highest BCUT2D eigenvalue weighted by atomic mass is 32.1. The maximum atomic E-state index is 4.73. The monoisotopic (exact) mass is 113 g/mol. The molecule has 0 bridgehead atoms. The summed E-state index contributed by atoms with van der Waals surface area (Å²) in [4.78, 5) is 5.64. The number of hydrogen-bond donors (Lipinski definition) is 1. The van der Waals surface area contributed by atoms with E-state index >= 15 is 0 Å². The van der Waals surface area contributed by atoms with Crippen LogP contribution in [-0.4, -0.2) is 4.98 Å². The molecule has 0 amide bonds. The van der Waals surface area contributed by atoms with Crippen LogP contribution in [0.4, 0.5) is 0 Å². The summed E-state index contributed by atoms with van der Waals surface area (Å²) < 4.78 is 0.725. The Hall–Kier alpha value is -0.700. The molecule has 0 aliphatic rings. The van der Waals surface area contributed by atoms with Crippen LogP contribution in [0.25, 0.3) is 0 Å². The van der Waals surface area contributed by atoms with E-state index in [1.54, 1.807) is 18.6 Å². The molecule has 0 spiro atoms. The summed E-state index contributed by atoms with van der Waals surface area (Å²) in [6, 6.07) is 0. The average Bonchev–Trinajstić information content (AvgIpc) is 1.69. The number of hydrogen-bond acceptors (Lipinski definition) is 1. The highest BCUT2D eigenvalue weighted by Crippen LogP contribution is 1.70. The molecule has 3 heteroatoms. The van der Waals surface area contributed by atoms with Gasteiger partial charge >= 0.3 is 0 Å². The van der Waals surface area contributed by atoms with E-state index in [2.05, 4.69) is 9.97 Å². The normalized spacial score (nSPS) is 8.57. The van der Waals surface area contributed by atoms with E-state index in [1.165, 1.54) is 0 Å². The molecule has 2 nitrogen and oxygen atoms in total.